The molecule has 5 heteroatoms. The Bertz CT molecular complexity index is 1440. The molecule has 0 saturated carbocycles. The molecule has 0 saturated heterocycles. The normalized spacial score (nSPS) is 9.39. The third-order valence-electron chi connectivity index (χ3n) is 5.96. The van der Waals surface area contributed by atoms with E-state index in [4.69, 9.17) is 0 Å². The summed E-state index contributed by atoms with van der Waals surface area (Å²) in [6.07, 6.45) is 0. The van der Waals surface area contributed by atoms with Crippen molar-refractivity contribution in [2.75, 3.05) is 0 Å². The van der Waals surface area contributed by atoms with Crippen molar-refractivity contribution in [3.05, 3.63) is 140 Å². The first-order valence-corrected chi connectivity index (χ1v) is 20.1. The minimum atomic E-state index is 0. The molecule has 0 atom stereocenters. The first-order valence-electron chi connectivity index (χ1n) is 12.9. The van der Waals surface area contributed by atoms with Crippen LogP contribution in [0.1, 0.15) is 11.1 Å². The van der Waals surface area contributed by atoms with E-state index in [-0.39, 0.29) is 41.0 Å². The van der Waals surface area contributed by atoms with Gasteiger partial charge in [0.1, 0.15) is 0 Å². The van der Waals surface area contributed by atoms with Crippen LogP contribution in [0.4, 0.5) is 0 Å². The Morgan fingerprint density at radius 2 is 0.854 bits per heavy atom. The van der Waals surface area contributed by atoms with Crippen molar-refractivity contribution in [1.29, 1.82) is 0 Å². The van der Waals surface area contributed by atoms with Gasteiger partial charge in [-0.2, -0.15) is 12.1 Å². The topological polar surface area (TPSA) is 0 Å². The van der Waals surface area contributed by atoms with Crippen LogP contribution < -0.4 is 0 Å². The summed E-state index contributed by atoms with van der Waals surface area (Å²) in [5.41, 5.74) is 7.89. The fourth-order valence-corrected chi connectivity index (χ4v) is 4.51. The molecule has 0 aliphatic carbocycles. The maximum absolute atomic E-state index is 3.06. The number of hydrogen-bond donors (Lipinski definition) is 0. The summed E-state index contributed by atoms with van der Waals surface area (Å²) >= 11 is 1.36. The molecule has 0 spiro atoms. The Balaban J connectivity index is 0.000000619. The zero-order valence-electron chi connectivity index (χ0n) is 24.9. The van der Waals surface area contributed by atoms with Gasteiger partial charge < -0.3 is 7.43 Å². The summed E-state index contributed by atoms with van der Waals surface area (Å²) in [6.45, 7) is 14.2. The van der Waals surface area contributed by atoms with Crippen molar-refractivity contribution in [2.45, 2.75) is 33.5 Å². The monoisotopic (exact) mass is 688 g/mol. The van der Waals surface area contributed by atoms with Crippen LogP contribution in [-0.4, -0.2) is 15.7 Å². The van der Waals surface area contributed by atoms with Gasteiger partial charge in [-0.05, 0) is 11.1 Å². The van der Waals surface area contributed by atoms with Gasteiger partial charge in [-0.3, -0.25) is 0 Å². The molecule has 0 unspecified atom stereocenters. The molecule has 6 aromatic rings. The predicted octanol–water partition coefficient (Wildman–Crippen LogP) is 11.3. The average Bonchev–Trinajstić information content (AvgIpc) is 3.51. The predicted molar refractivity (Wildman–Crippen MR) is 189 cm³/mol. The Kier molecular flexibility index (Phi) is 19.0. The van der Waals surface area contributed by atoms with Gasteiger partial charge in [0, 0.05) is 8.80 Å². The van der Waals surface area contributed by atoms with Crippen LogP contribution >= 0.6 is 24.8 Å². The Morgan fingerprint density at radius 3 is 1.17 bits per heavy atom. The average molecular weight is 691 g/mol. The SMILES string of the molecule is C[Si](C)C.Cc1cc2c(-c3ccccc3)cccc2[cH-]1.Cc1cc2c(-c3ccccc3)cccc2[cH-]1.Cl.Cl.[CH3-].[Si]=[Zr]. The molecule has 0 N–H and O–H groups in total. The molecule has 6 aromatic carbocycles. The molecule has 0 aromatic heterocycles. The molecule has 0 aliphatic heterocycles. The third kappa shape index (κ3) is 11.3. The number of rotatable bonds is 2. The standard InChI is InChI=1S/2C16H13.C3H9Si.CH3.2ClH.Si.Zr/c2*1-12-10-14-8-5-9-15(16(14)11-12)13-6-3-2-4-7-13;1-4(2)3;;;;;/h2*2-11H,1H3;1-3H3;1H3;2*1H;;/q2*-1;;-1;;;;. The molecule has 0 aliphatic rings. The first kappa shape index (κ1) is 39.0. The van der Waals surface area contributed by atoms with E-state index in [0.717, 1.165) is 0 Å². The first-order chi connectivity index (χ1) is 18.4. The molecule has 3 radical (unpaired) electrons. The van der Waals surface area contributed by atoms with Crippen molar-refractivity contribution >= 4 is 62.0 Å². The van der Waals surface area contributed by atoms with E-state index in [2.05, 4.69) is 162 Å². The quantitative estimate of drug-likeness (QED) is 0.125. The molecular formula is C36H40Cl2Si2Zr-3. The van der Waals surface area contributed by atoms with E-state index in [1.165, 1.54) is 78.3 Å². The summed E-state index contributed by atoms with van der Waals surface area (Å²) < 4.78 is 0. The van der Waals surface area contributed by atoms with Gasteiger partial charge in [0.05, 0.1) is 0 Å². The van der Waals surface area contributed by atoms with E-state index < -0.39 is 0 Å². The van der Waals surface area contributed by atoms with Crippen LogP contribution in [0.2, 0.25) is 19.6 Å². The van der Waals surface area contributed by atoms with Crippen molar-refractivity contribution in [1.82, 2.24) is 0 Å². The fourth-order valence-electron chi connectivity index (χ4n) is 4.51. The van der Waals surface area contributed by atoms with E-state index >= 15 is 0 Å². The minimum absolute atomic E-state index is 0. The molecule has 6 rings (SSSR count). The van der Waals surface area contributed by atoms with E-state index in [0.29, 0.717) is 0 Å². The van der Waals surface area contributed by atoms with Crippen LogP contribution in [0.3, 0.4) is 0 Å². The molecule has 41 heavy (non-hydrogen) atoms. The van der Waals surface area contributed by atoms with Crippen molar-refractivity contribution in [3.63, 3.8) is 0 Å². The summed E-state index contributed by atoms with van der Waals surface area (Å²) in [5, 5.41) is 5.37. The van der Waals surface area contributed by atoms with Crippen molar-refractivity contribution in [3.8, 4) is 22.3 Å². The maximum atomic E-state index is 3.06. The van der Waals surface area contributed by atoms with Crippen LogP contribution in [0.15, 0.2) is 121 Å². The summed E-state index contributed by atoms with van der Waals surface area (Å²) in [7, 11) is 0.120. The van der Waals surface area contributed by atoms with Gasteiger partial charge >= 0.3 is 30.2 Å². The molecule has 0 heterocycles. The third-order valence-corrected chi connectivity index (χ3v) is 5.96. The van der Waals surface area contributed by atoms with Gasteiger partial charge in [0.25, 0.3) is 0 Å². The number of fused-ring (bicyclic) bond motifs is 2. The zero-order valence-corrected chi connectivity index (χ0v) is 31.0. The molecular weight excluding hydrogens is 651 g/mol. The van der Waals surface area contributed by atoms with Gasteiger partial charge in [-0.1, -0.05) is 117 Å². The molecule has 213 valence electrons. The van der Waals surface area contributed by atoms with Gasteiger partial charge in [-0.25, -0.2) is 0 Å². The van der Waals surface area contributed by atoms with Crippen LogP contribution in [0, 0.1) is 21.3 Å². The Labute approximate surface area is 279 Å². The Morgan fingerprint density at radius 1 is 0.537 bits per heavy atom. The molecule has 0 nitrogen and oxygen atoms in total. The second kappa shape index (κ2) is 20.0. The molecule has 0 fully saturated rings. The number of halogens is 2. The second-order valence-corrected chi connectivity index (χ2v) is 12.9. The van der Waals surface area contributed by atoms with Crippen LogP contribution in [0.5, 0.6) is 0 Å². The second-order valence-electron chi connectivity index (χ2n) is 9.91. The van der Waals surface area contributed by atoms with E-state index in [9.17, 15) is 0 Å². The molecule has 0 amide bonds. The zero-order chi connectivity index (χ0) is 27.5. The van der Waals surface area contributed by atoms with Crippen LogP contribution in [-0.2, 0) is 23.3 Å². The van der Waals surface area contributed by atoms with E-state index in [1.54, 1.807) is 0 Å². The van der Waals surface area contributed by atoms with Gasteiger partial charge in [0.15, 0.2) is 0 Å². The summed E-state index contributed by atoms with van der Waals surface area (Å²) in [5.74, 6) is 0. The number of aryl methyl sites for hydroxylation is 2. The van der Waals surface area contributed by atoms with E-state index in [1.807, 2.05) is 0 Å². The summed E-state index contributed by atoms with van der Waals surface area (Å²) in [6, 6.07) is 43.1. The fraction of sp³-hybridized carbons (Fsp3) is 0.139. The number of hydrogen-bond acceptors (Lipinski definition) is 0. The van der Waals surface area contributed by atoms with Crippen LogP contribution in [0.25, 0.3) is 43.8 Å². The van der Waals surface area contributed by atoms with Crippen molar-refractivity contribution in [2.24, 2.45) is 0 Å². The Hall–Kier alpha value is -2.00. The van der Waals surface area contributed by atoms with Gasteiger partial charge in [0.2, 0.25) is 0 Å². The van der Waals surface area contributed by atoms with Crippen molar-refractivity contribution < 1.29 is 23.3 Å². The molecule has 0 bridgehead atoms. The summed E-state index contributed by atoms with van der Waals surface area (Å²) in [4.78, 5) is 0. The number of benzene rings is 4. The van der Waals surface area contributed by atoms with Gasteiger partial charge in [-0.15, -0.1) is 93.9 Å².